The summed E-state index contributed by atoms with van der Waals surface area (Å²) >= 11 is 0. The molecular formula is C23H26N2O4. The molecule has 1 aromatic heterocycles. The van der Waals surface area contributed by atoms with Crippen LogP contribution in [-0.2, 0) is 17.6 Å². The number of hydrogen-bond donors (Lipinski definition) is 2. The molecule has 0 bridgehead atoms. The fourth-order valence-corrected chi connectivity index (χ4v) is 3.19. The van der Waals surface area contributed by atoms with Gasteiger partial charge in [0.15, 0.2) is 0 Å². The Kier molecular flexibility index (Phi) is 6.56. The highest BCUT2D eigenvalue weighted by Crippen LogP contribution is 2.27. The van der Waals surface area contributed by atoms with Gasteiger partial charge in [-0.2, -0.15) is 0 Å². The lowest BCUT2D eigenvalue weighted by molar-refractivity contribution is -0.116. The minimum Gasteiger partial charge on any atom is -0.490 e. The van der Waals surface area contributed by atoms with E-state index in [4.69, 9.17) is 14.8 Å². The van der Waals surface area contributed by atoms with E-state index in [0.717, 1.165) is 39.9 Å². The first-order valence-corrected chi connectivity index (χ1v) is 9.72. The number of aliphatic hydroxyl groups excluding tert-OH is 2. The van der Waals surface area contributed by atoms with Gasteiger partial charge in [0.1, 0.15) is 24.2 Å². The van der Waals surface area contributed by atoms with Crippen LogP contribution in [0.3, 0.4) is 0 Å². The number of ether oxygens (including phenoxy) is 1. The molecule has 6 heteroatoms. The molecule has 0 radical (unpaired) electrons. The molecule has 2 N–H and O–H groups in total. The molecule has 3 aromatic rings. The summed E-state index contributed by atoms with van der Waals surface area (Å²) in [6.45, 7) is 5.26. The van der Waals surface area contributed by atoms with E-state index in [1.54, 1.807) is 13.1 Å². The zero-order chi connectivity index (χ0) is 21.0. The molecule has 1 unspecified atom stereocenters. The number of hydrogen-bond acceptors (Lipinski definition) is 6. The van der Waals surface area contributed by atoms with E-state index in [1.807, 2.05) is 44.2 Å². The first kappa shape index (κ1) is 20.9. The van der Waals surface area contributed by atoms with E-state index in [0.29, 0.717) is 17.7 Å². The fraction of sp³-hybridized carbons (Fsp3) is 0.348. The Morgan fingerprint density at radius 3 is 2.62 bits per heavy atom. The molecule has 0 saturated heterocycles. The Morgan fingerprint density at radius 1 is 1.17 bits per heavy atom. The number of Topliss-reactive ketones (excluding diaryl/α,β-unsaturated/α-hetero) is 1. The number of ketones is 1. The molecule has 29 heavy (non-hydrogen) atoms. The zero-order valence-electron chi connectivity index (χ0n) is 17.0. The summed E-state index contributed by atoms with van der Waals surface area (Å²) in [7, 11) is 0. The molecule has 2 aromatic carbocycles. The number of aryl methyl sites for hydroxylation is 2. The number of nitrogens with zero attached hydrogens (tertiary/aromatic N) is 2. The average molecular weight is 394 g/mol. The van der Waals surface area contributed by atoms with Crippen molar-refractivity contribution in [1.29, 1.82) is 0 Å². The first-order chi connectivity index (χ1) is 13.9. The van der Waals surface area contributed by atoms with Gasteiger partial charge in [-0.05, 0) is 49.1 Å². The summed E-state index contributed by atoms with van der Waals surface area (Å²) < 4.78 is 5.70. The van der Waals surface area contributed by atoms with Crippen LogP contribution in [0.2, 0.25) is 0 Å². The Hall–Kier alpha value is -2.83. The number of aliphatic hydroxyl groups is 2. The third-order valence-corrected chi connectivity index (χ3v) is 4.83. The van der Waals surface area contributed by atoms with E-state index in [2.05, 4.69) is 4.98 Å². The van der Waals surface area contributed by atoms with Gasteiger partial charge in [0.25, 0.3) is 0 Å². The van der Waals surface area contributed by atoms with Gasteiger partial charge in [-0.1, -0.05) is 19.1 Å². The summed E-state index contributed by atoms with van der Waals surface area (Å²) in [5, 5.41) is 18.6. The van der Waals surface area contributed by atoms with Gasteiger partial charge < -0.3 is 14.9 Å². The van der Waals surface area contributed by atoms with Crippen LogP contribution in [-0.4, -0.2) is 45.3 Å². The van der Waals surface area contributed by atoms with Crippen LogP contribution in [0.4, 0.5) is 0 Å². The second kappa shape index (κ2) is 9.11. The quantitative estimate of drug-likeness (QED) is 0.610. The molecule has 0 amide bonds. The summed E-state index contributed by atoms with van der Waals surface area (Å²) in [5.41, 5.74) is 6.16. The maximum Gasteiger partial charge on any atom is 0.134 e. The third kappa shape index (κ3) is 4.96. The number of rotatable bonds is 8. The normalized spacial score (nSPS) is 12.2. The van der Waals surface area contributed by atoms with Gasteiger partial charge in [0.05, 0.1) is 29.5 Å². The maximum absolute atomic E-state index is 11.4. The Balaban J connectivity index is 1.96. The summed E-state index contributed by atoms with van der Waals surface area (Å²) in [4.78, 5) is 20.7. The number of carbonyl (C=O) groups excluding carboxylic acids is 1. The van der Waals surface area contributed by atoms with Gasteiger partial charge in [-0.15, -0.1) is 0 Å². The maximum atomic E-state index is 11.4. The number of benzene rings is 2. The van der Waals surface area contributed by atoms with Crippen molar-refractivity contribution in [2.75, 3.05) is 13.2 Å². The van der Waals surface area contributed by atoms with E-state index >= 15 is 0 Å². The molecule has 0 spiro atoms. The molecule has 0 aliphatic carbocycles. The van der Waals surface area contributed by atoms with Crippen LogP contribution in [0.1, 0.15) is 30.5 Å². The van der Waals surface area contributed by atoms with Crippen LogP contribution < -0.4 is 4.74 Å². The minimum atomic E-state index is -0.927. The molecule has 1 atom stereocenters. The predicted octanol–water partition coefficient (Wildman–Crippen LogP) is 3.03. The van der Waals surface area contributed by atoms with Crippen LogP contribution in [0.25, 0.3) is 22.3 Å². The smallest absolute Gasteiger partial charge is 0.134 e. The number of carbonyl (C=O) groups is 1. The average Bonchev–Trinajstić information content (AvgIpc) is 2.71. The van der Waals surface area contributed by atoms with Crippen molar-refractivity contribution in [2.45, 2.75) is 39.7 Å². The third-order valence-electron chi connectivity index (χ3n) is 4.83. The van der Waals surface area contributed by atoms with E-state index in [9.17, 15) is 9.90 Å². The minimum absolute atomic E-state index is 0.0128. The van der Waals surface area contributed by atoms with Crippen molar-refractivity contribution in [2.24, 2.45) is 0 Å². The highest BCUT2D eigenvalue weighted by Gasteiger charge is 2.12. The van der Waals surface area contributed by atoms with Crippen molar-refractivity contribution in [3.05, 3.63) is 53.2 Å². The van der Waals surface area contributed by atoms with Gasteiger partial charge in [0.2, 0.25) is 0 Å². The van der Waals surface area contributed by atoms with Crippen molar-refractivity contribution in [1.82, 2.24) is 9.97 Å². The highest BCUT2D eigenvalue weighted by atomic mass is 16.5. The lowest BCUT2D eigenvalue weighted by Crippen LogP contribution is -2.21. The van der Waals surface area contributed by atoms with Crippen molar-refractivity contribution in [3.63, 3.8) is 0 Å². The van der Waals surface area contributed by atoms with Gasteiger partial charge in [-0.25, -0.2) is 4.98 Å². The van der Waals surface area contributed by atoms with Crippen molar-refractivity contribution in [3.8, 4) is 17.0 Å². The standard InChI is InChI=1S/C23H26N2O4/c1-4-16-9-20-21(10-23(16)29-13-19(28)12-26)25-22(11-24-20)18-6-5-17(8-15(3)27)14(2)7-18/h5-7,9-11,19,26,28H,4,8,12-13H2,1-3H3. The Bertz CT molecular complexity index is 1030. The lowest BCUT2D eigenvalue weighted by atomic mass is 10.00. The fourth-order valence-electron chi connectivity index (χ4n) is 3.19. The van der Waals surface area contributed by atoms with Gasteiger partial charge in [-0.3, -0.25) is 9.78 Å². The monoisotopic (exact) mass is 394 g/mol. The summed E-state index contributed by atoms with van der Waals surface area (Å²) in [6, 6.07) is 9.70. The topological polar surface area (TPSA) is 92.5 Å². The molecule has 0 aliphatic heterocycles. The number of aromatic nitrogens is 2. The molecular weight excluding hydrogens is 368 g/mol. The lowest BCUT2D eigenvalue weighted by Gasteiger charge is -2.14. The van der Waals surface area contributed by atoms with Crippen molar-refractivity contribution < 1.29 is 19.7 Å². The van der Waals surface area contributed by atoms with Crippen LogP contribution in [0, 0.1) is 6.92 Å². The van der Waals surface area contributed by atoms with Crippen LogP contribution in [0.5, 0.6) is 5.75 Å². The summed E-state index contributed by atoms with van der Waals surface area (Å²) in [6.07, 6.45) is 2.00. The largest absolute Gasteiger partial charge is 0.490 e. The first-order valence-electron chi connectivity index (χ1n) is 9.72. The molecule has 3 rings (SSSR count). The van der Waals surface area contributed by atoms with Crippen molar-refractivity contribution >= 4 is 16.8 Å². The second-order valence-electron chi connectivity index (χ2n) is 7.22. The molecule has 6 nitrogen and oxygen atoms in total. The van der Waals surface area contributed by atoms with Gasteiger partial charge in [0, 0.05) is 18.1 Å². The molecule has 0 aliphatic rings. The molecule has 152 valence electrons. The zero-order valence-corrected chi connectivity index (χ0v) is 17.0. The number of fused-ring (bicyclic) bond motifs is 1. The molecule has 0 saturated carbocycles. The highest BCUT2D eigenvalue weighted by molar-refractivity contribution is 5.81. The van der Waals surface area contributed by atoms with E-state index < -0.39 is 6.10 Å². The van der Waals surface area contributed by atoms with E-state index in [-0.39, 0.29) is 19.0 Å². The van der Waals surface area contributed by atoms with E-state index in [1.165, 1.54) is 0 Å². The Labute approximate surface area is 170 Å². The SMILES string of the molecule is CCc1cc2ncc(-c3ccc(CC(C)=O)c(C)c3)nc2cc1OCC(O)CO. The molecule has 0 fully saturated rings. The summed E-state index contributed by atoms with van der Waals surface area (Å²) in [5.74, 6) is 0.767. The van der Waals surface area contributed by atoms with Crippen LogP contribution in [0.15, 0.2) is 36.5 Å². The predicted molar refractivity (Wildman–Crippen MR) is 112 cm³/mol. The second-order valence-corrected chi connectivity index (χ2v) is 7.22. The molecule has 1 heterocycles. The Morgan fingerprint density at radius 2 is 1.97 bits per heavy atom. The van der Waals surface area contributed by atoms with Crippen LogP contribution >= 0.6 is 0 Å². The van der Waals surface area contributed by atoms with Gasteiger partial charge >= 0.3 is 0 Å².